The zero-order valence-corrected chi connectivity index (χ0v) is 13.4. The predicted octanol–water partition coefficient (Wildman–Crippen LogP) is 2.61. The van der Waals surface area contributed by atoms with Crippen molar-refractivity contribution < 1.29 is 9.18 Å². The molecule has 2 rings (SSSR count). The van der Waals surface area contributed by atoms with Crippen molar-refractivity contribution in [1.82, 2.24) is 4.90 Å². The van der Waals surface area contributed by atoms with Gasteiger partial charge < -0.3 is 10.6 Å². The smallest absolute Gasteiger partial charge is 0.239 e. The van der Waals surface area contributed by atoms with Crippen LogP contribution < -0.4 is 5.73 Å². The third-order valence-corrected chi connectivity index (χ3v) is 4.79. The standard InChI is InChI=1S/C16H23FN2OS/c1-11-9-13(12-3-5-14(17)6-4-12)10-19(11)16(20)15(18)7-8-21-2/h3-6,11,13,15H,7-10,18H2,1-2H3. The van der Waals surface area contributed by atoms with Gasteiger partial charge in [0.15, 0.2) is 0 Å². The van der Waals surface area contributed by atoms with Crippen LogP contribution in [0.15, 0.2) is 24.3 Å². The van der Waals surface area contributed by atoms with E-state index in [0.29, 0.717) is 13.0 Å². The molecule has 1 heterocycles. The highest BCUT2D eigenvalue weighted by Crippen LogP contribution is 2.32. The lowest BCUT2D eigenvalue weighted by atomic mass is 9.97. The number of amides is 1. The van der Waals surface area contributed by atoms with E-state index in [1.165, 1.54) is 12.1 Å². The molecule has 0 saturated carbocycles. The van der Waals surface area contributed by atoms with E-state index in [1.807, 2.05) is 23.3 Å². The van der Waals surface area contributed by atoms with Crippen LogP contribution in [0.3, 0.4) is 0 Å². The molecule has 21 heavy (non-hydrogen) atoms. The number of carbonyl (C=O) groups is 1. The number of thioether (sulfide) groups is 1. The van der Waals surface area contributed by atoms with Crippen LogP contribution >= 0.6 is 11.8 Å². The Morgan fingerprint density at radius 1 is 1.48 bits per heavy atom. The maximum atomic E-state index is 13.0. The first-order valence-corrected chi connectivity index (χ1v) is 8.72. The Morgan fingerprint density at radius 3 is 2.76 bits per heavy atom. The van der Waals surface area contributed by atoms with Gasteiger partial charge in [-0.3, -0.25) is 4.79 Å². The normalized spacial score (nSPS) is 23.3. The summed E-state index contributed by atoms with van der Waals surface area (Å²) in [6, 6.07) is 6.37. The molecule has 3 atom stereocenters. The lowest BCUT2D eigenvalue weighted by molar-refractivity contribution is -0.133. The zero-order valence-electron chi connectivity index (χ0n) is 12.6. The molecule has 3 nitrogen and oxygen atoms in total. The molecule has 1 amide bonds. The van der Waals surface area contributed by atoms with Gasteiger partial charge in [0.1, 0.15) is 5.82 Å². The first kappa shape index (κ1) is 16.3. The summed E-state index contributed by atoms with van der Waals surface area (Å²) in [4.78, 5) is 14.3. The summed E-state index contributed by atoms with van der Waals surface area (Å²) in [6.45, 7) is 2.74. The summed E-state index contributed by atoms with van der Waals surface area (Å²) >= 11 is 1.70. The van der Waals surface area contributed by atoms with Crippen molar-refractivity contribution in [2.45, 2.75) is 37.8 Å². The molecule has 1 saturated heterocycles. The van der Waals surface area contributed by atoms with Gasteiger partial charge in [-0.2, -0.15) is 11.8 Å². The number of carbonyl (C=O) groups excluding carboxylic acids is 1. The first-order chi connectivity index (χ1) is 10.0. The quantitative estimate of drug-likeness (QED) is 0.909. The molecule has 2 N–H and O–H groups in total. The van der Waals surface area contributed by atoms with Gasteiger partial charge in [-0.25, -0.2) is 4.39 Å². The molecule has 3 unspecified atom stereocenters. The van der Waals surface area contributed by atoms with Crippen LogP contribution in [-0.2, 0) is 4.79 Å². The largest absolute Gasteiger partial charge is 0.338 e. The van der Waals surface area contributed by atoms with Crippen LogP contribution in [0.4, 0.5) is 4.39 Å². The Bertz CT molecular complexity index is 480. The van der Waals surface area contributed by atoms with Crippen molar-refractivity contribution in [3.8, 4) is 0 Å². The summed E-state index contributed by atoms with van der Waals surface area (Å²) in [7, 11) is 0. The molecular formula is C16H23FN2OS. The molecule has 0 aromatic heterocycles. The second kappa shape index (κ2) is 7.27. The summed E-state index contributed by atoms with van der Waals surface area (Å²) in [6.07, 6.45) is 3.64. The van der Waals surface area contributed by atoms with Gasteiger partial charge >= 0.3 is 0 Å². The predicted molar refractivity (Wildman–Crippen MR) is 85.9 cm³/mol. The molecule has 0 aliphatic carbocycles. The highest BCUT2D eigenvalue weighted by Gasteiger charge is 2.34. The highest BCUT2D eigenvalue weighted by molar-refractivity contribution is 7.98. The van der Waals surface area contributed by atoms with Gasteiger partial charge in [0.25, 0.3) is 0 Å². The van der Waals surface area contributed by atoms with Gasteiger partial charge in [0.2, 0.25) is 5.91 Å². The molecule has 1 fully saturated rings. The molecule has 116 valence electrons. The highest BCUT2D eigenvalue weighted by atomic mass is 32.2. The van der Waals surface area contributed by atoms with E-state index in [2.05, 4.69) is 6.92 Å². The third-order valence-electron chi connectivity index (χ3n) is 4.15. The Kier molecular flexibility index (Phi) is 5.65. The number of halogens is 1. The third kappa shape index (κ3) is 3.98. The zero-order chi connectivity index (χ0) is 15.4. The molecule has 1 aromatic carbocycles. The van der Waals surface area contributed by atoms with E-state index in [9.17, 15) is 9.18 Å². The molecule has 0 radical (unpaired) electrons. The first-order valence-electron chi connectivity index (χ1n) is 7.33. The maximum absolute atomic E-state index is 13.0. The van der Waals surface area contributed by atoms with Crippen LogP contribution in [0.5, 0.6) is 0 Å². The number of rotatable bonds is 5. The number of nitrogens with zero attached hydrogens (tertiary/aromatic N) is 1. The van der Waals surface area contributed by atoms with Crippen molar-refractivity contribution >= 4 is 17.7 Å². The van der Waals surface area contributed by atoms with Crippen LogP contribution in [0.25, 0.3) is 0 Å². The number of likely N-dealkylation sites (tertiary alicyclic amines) is 1. The van der Waals surface area contributed by atoms with Gasteiger partial charge in [-0.15, -0.1) is 0 Å². The fourth-order valence-corrected chi connectivity index (χ4v) is 3.39. The van der Waals surface area contributed by atoms with Gasteiger partial charge in [-0.05, 0) is 49.5 Å². The van der Waals surface area contributed by atoms with Crippen molar-refractivity contribution in [1.29, 1.82) is 0 Å². The average Bonchev–Trinajstić information content (AvgIpc) is 2.86. The number of hydrogen-bond acceptors (Lipinski definition) is 3. The molecule has 0 spiro atoms. The van der Waals surface area contributed by atoms with Crippen LogP contribution in [0.1, 0.15) is 31.2 Å². The minimum Gasteiger partial charge on any atom is -0.338 e. The maximum Gasteiger partial charge on any atom is 0.239 e. The van der Waals surface area contributed by atoms with Crippen molar-refractivity contribution in [2.24, 2.45) is 5.73 Å². The summed E-state index contributed by atoms with van der Waals surface area (Å²) < 4.78 is 13.0. The molecule has 1 aliphatic heterocycles. The monoisotopic (exact) mass is 310 g/mol. The molecule has 1 aromatic rings. The second-order valence-electron chi connectivity index (χ2n) is 5.71. The number of hydrogen-bond donors (Lipinski definition) is 1. The Hall–Kier alpha value is -1.07. The van der Waals surface area contributed by atoms with Gasteiger partial charge in [0.05, 0.1) is 6.04 Å². The SMILES string of the molecule is CSCCC(N)C(=O)N1CC(c2ccc(F)cc2)CC1C. The fourth-order valence-electron chi connectivity index (χ4n) is 2.90. The molecule has 1 aliphatic rings. The molecule has 0 bridgehead atoms. The van der Waals surface area contributed by atoms with E-state index in [-0.39, 0.29) is 23.7 Å². The molecule has 5 heteroatoms. The Balaban J connectivity index is 2.00. The Morgan fingerprint density at radius 2 is 2.14 bits per heavy atom. The molecular weight excluding hydrogens is 287 g/mol. The minimum atomic E-state index is -0.410. The van der Waals surface area contributed by atoms with E-state index in [4.69, 9.17) is 5.73 Å². The number of benzene rings is 1. The van der Waals surface area contributed by atoms with Gasteiger partial charge in [-0.1, -0.05) is 12.1 Å². The van der Waals surface area contributed by atoms with E-state index in [0.717, 1.165) is 17.7 Å². The topological polar surface area (TPSA) is 46.3 Å². The van der Waals surface area contributed by atoms with Crippen LogP contribution in [0, 0.1) is 5.82 Å². The Labute approximate surface area is 130 Å². The number of nitrogens with two attached hydrogens (primary N) is 1. The summed E-state index contributed by atoms with van der Waals surface area (Å²) in [5.41, 5.74) is 7.09. The van der Waals surface area contributed by atoms with Crippen molar-refractivity contribution in [3.05, 3.63) is 35.6 Å². The van der Waals surface area contributed by atoms with Crippen molar-refractivity contribution in [3.63, 3.8) is 0 Å². The van der Waals surface area contributed by atoms with Gasteiger partial charge in [0, 0.05) is 18.5 Å². The lowest BCUT2D eigenvalue weighted by Gasteiger charge is -2.25. The summed E-state index contributed by atoms with van der Waals surface area (Å²) in [5.74, 6) is 0.992. The van der Waals surface area contributed by atoms with Crippen molar-refractivity contribution in [2.75, 3.05) is 18.6 Å². The second-order valence-corrected chi connectivity index (χ2v) is 6.70. The summed E-state index contributed by atoms with van der Waals surface area (Å²) in [5, 5.41) is 0. The van der Waals surface area contributed by atoms with E-state index in [1.54, 1.807) is 11.8 Å². The lowest BCUT2D eigenvalue weighted by Crippen LogP contribution is -2.45. The van der Waals surface area contributed by atoms with E-state index < -0.39 is 6.04 Å². The van der Waals surface area contributed by atoms with Crippen LogP contribution in [-0.4, -0.2) is 41.4 Å². The fraction of sp³-hybridized carbons (Fsp3) is 0.562. The minimum absolute atomic E-state index is 0.0427. The van der Waals surface area contributed by atoms with Crippen LogP contribution in [0.2, 0.25) is 0 Å². The van der Waals surface area contributed by atoms with E-state index >= 15 is 0 Å². The average molecular weight is 310 g/mol.